The molecule has 0 heterocycles. The topological polar surface area (TPSA) is 74.3 Å². The second-order valence-electron chi connectivity index (χ2n) is 6.61. The minimum atomic E-state index is -3.91. The smallest absolute Gasteiger partial charge is 0.264 e. The number of methoxy groups -OCH3 is 4. The molecule has 0 aliphatic heterocycles. The van der Waals surface area contributed by atoms with Crippen molar-refractivity contribution in [2.75, 3.05) is 32.7 Å². The zero-order chi connectivity index (χ0) is 22.4. The van der Waals surface area contributed by atoms with Crippen molar-refractivity contribution in [3.8, 4) is 23.0 Å². The molecule has 7 nitrogen and oxygen atoms in total. The highest BCUT2D eigenvalue weighted by Gasteiger charge is 2.26. The molecule has 0 saturated carbocycles. The summed E-state index contributed by atoms with van der Waals surface area (Å²) in [5.74, 6) is 2.23. The van der Waals surface area contributed by atoms with E-state index in [0.717, 1.165) is 0 Å². The minimum absolute atomic E-state index is 0.0689. The lowest BCUT2D eigenvalue weighted by Gasteiger charge is -2.25. The number of sulfonamides is 1. The standard InChI is InChI=1S/C23H25NO6S/c1-27-19-10-8-18(9-11-19)24(16-17-12-21(29-3)14-22(13-17)30-4)31(25,26)23-7-5-6-20(15-23)28-2/h5-15H,16H2,1-4H3. The molecule has 8 heteroatoms. The van der Waals surface area contributed by atoms with Gasteiger partial charge in [0.05, 0.1) is 45.6 Å². The van der Waals surface area contributed by atoms with Gasteiger partial charge in [-0.05, 0) is 54.1 Å². The van der Waals surface area contributed by atoms with Crippen LogP contribution in [-0.4, -0.2) is 36.9 Å². The highest BCUT2D eigenvalue weighted by atomic mass is 32.2. The highest BCUT2D eigenvalue weighted by molar-refractivity contribution is 7.92. The summed E-state index contributed by atoms with van der Waals surface area (Å²) in [5.41, 5.74) is 1.20. The fourth-order valence-electron chi connectivity index (χ4n) is 3.08. The maximum absolute atomic E-state index is 13.6. The van der Waals surface area contributed by atoms with Gasteiger partial charge in [0.15, 0.2) is 0 Å². The summed E-state index contributed by atoms with van der Waals surface area (Å²) in [6.45, 7) is 0.0689. The lowest BCUT2D eigenvalue weighted by Crippen LogP contribution is -2.30. The van der Waals surface area contributed by atoms with Crippen LogP contribution in [0.25, 0.3) is 0 Å². The van der Waals surface area contributed by atoms with Crippen LogP contribution in [0.15, 0.2) is 71.6 Å². The summed E-state index contributed by atoms with van der Waals surface area (Å²) >= 11 is 0. The third-order valence-corrected chi connectivity index (χ3v) is 6.50. The maximum Gasteiger partial charge on any atom is 0.264 e. The highest BCUT2D eigenvalue weighted by Crippen LogP contribution is 2.31. The molecule has 0 bridgehead atoms. The molecule has 0 atom stereocenters. The van der Waals surface area contributed by atoms with Crippen molar-refractivity contribution in [3.63, 3.8) is 0 Å². The Morgan fingerprint density at radius 3 is 1.81 bits per heavy atom. The Balaban J connectivity index is 2.10. The van der Waals surface area contributed by atoms with Crippen LogP contribution in [0.3, 0.4) is 0 Å². The first-order valence-corrected chi connectivity index (χ1v) is 10.9. The molecule has 0 amide bonds. The molecule has 0 unspecified atom stereocenters. The van der Waals surface area contributed by atoms with E-state index in [2.05, 4.69) is 0 Å². The van der Waals surface area contributed by atoms with Gasteiger partial charge in [0.2, 0.25) is 0 Å². The van der Waals surface area contributed by atoms with Crippen molar-refractivity contribution in [1.82, 2.24) is 0 Å². The Bertz CT molecular complexity index is 1110. The number of benzene rings is 3. The van der Waals surface area contributed by atoms with E-state index in [1.807, 2.05) is 0 Å². The first kappa shape index (κ1) is 22.3. The van der Waals surface area contributed by atoms with Crippen LogP contribution in [0.5, 0.6) is 23.0 Å². The maximum atomic E-state index is 13.6. The largest absolute Gasteiger partial charge is 0.497 e. The van der Waals surface area contributed by atoms with E-state index in [9.17, 15) is 8.42 Å². The summed E-state index contributed by atoms with van der Waals surface area (Å²) < 4.78 is 49.7. The van der Waals surface area contributed by atoms with Crippen molar-refractivity contribution in [2.45, 2.75) is 11.4 Å². The van der Waals surface area contributed by atoms with Crippen LogP contribution in [0.1, 0.15) is 5.56 Å². The molecule has 0 aliphatic rings. The Labute approximate surface area is 182 Å². The fraction of sp³-hybridized carbons (Fsp3) is 0.217. The van der Waals surface area contributed by atoms with E-state index < -0.39 is 10.0 Å². The number of anilines is 1. The predicted molar refractivity (Wildman–Crippen MR) is 119 cm³/mol. The van der Waals surface area contributed by atoms with Crippen LogP contribution < -0.4 is 23.3 Å². The van der Waals surface area contributed by atoms with E-state index in [0.29, 0.717) is 34.2 Å². The number of ether oxygens (including phenoxy) is 4. The van der Waals surface area contributed by atoms with Crippen molar-refractivity contribution < 1.29 is 27.4 Å². The average Bonchev–Trinajstić information content (AvgIpc) is 2.82. The summed E-state index contributed by atoms with van der Waals surface area (Å²) in [4.78, 5) is 0.123. The molecule has 3 aromatic rings. The molecule has 31 heavy (non-hydrogen) atoms. The van der Waals surface area contributed by atoms with Gasteiger partial charge in [-0.15, -0.1) is 0 Å². The second kappa shape index (κ2) is 9.61. The summed E-state index contributed by atoms with van der Waals surface area (Å²) in [6.07, 6.45) is 0. The third kappa shape index (κ3) is 5.03. The monoisotopic (exact) mass is 443 g/mol. The molecule has 0 fully saturated rings. The molecule has 0 saturated heterocycles. The number of hydrogen-bond donors (Lipinski definition) is 0. The molecule has 164 valence electrons. The molecule has 0 radical (unpaired) electrons. The van der Waals surface area contributed by atoms with E-state index in [1.165, 1.54) is 17.5 Å². The summed E-state index contributed by atoms with van der Waals surface area (Å²) in [5, 5.41) is 0. The lowest BCUT2D eigenvalue weighted by molar-refractivity contribution is 0.393. The quantitative estimate of drug-likeness (QED) is 0.495. The second-order valence-corrected chi connectivity index (χ2v) is 8.47. The van der Waals surface area contributed by atoms with Crippen LogP contribution in [-0.2, 0) is 16.6 Å². The minimum Gasteiger partial charge on any atom is -0.497 e. The Hall–Kier alpha value is -3.39. The van der Waals surface area contributed by atoms with Crippen molar-refractivity contribution in [1.29, 1.82) is 0 Å². The molecular formula is C23H25NO6S. The summed E-state index contributed by atoms with van der Waals surface area (Å²) in [6, 6.07) is 18.5. The average molecular weight is 444 g/mol. The van der Waals surface area contributed by atoms with Gasteiger partial charge in [-0.3, -0.25) is 4.31 Å². The van der Waals surface area contributed by atoms with Crippen LogP contribution in [0.2, 0.25) is 0 Å². The van der Waals surface area contributed by atoms with Gasteiger partial charge in [0, 0.05) is 12.1 Å². The van der Waals surface area contributed by atoms with Gasteiger partial charge in [-0.2, -0.15) is 0 Å². The Morgan fingerprint density at radius 2 is 1.26 bits per heavy atom. The van der Waals surface area contributed by atoms with Gasteiger partial charge in [0.25, 0.3) is 10.0 Å². The van der Waals surface area contributed by atoms with Crippen LogP contribution >= 0.6 is 0 Å². The first-order chi connectivity index (χ1) is 14.9. The van der Waals surface area contributed by atoms with Crippen molar-refractivity contribution in [2.24, 2.45) is 0 Å². The zero-order valence-corrected chi connectivity index (χ0v) is 18.7. The van der Waals surface area contributed by atoms with Gasteiger partial charge in [-0.1, -0.05) is 6.07 Å². The first-order valence-electron chi connectivity index (χ1n) is 9.44. The number of nitrogens with zero attached hydrogens (tertiary/aromatic N) is 1. The van der Waals surface area contributed by atoms with E-state index >= 15 is 0 Å². The van der Waals surface area contributed by atoms with E-state index in [1.54, 1.807) is 82.0 Å². The number of hydrogen-bond acceptors (Lipinski definition) is 6. The van der Waals surface area contributed by atoms with E-state index in [4.69, 9.17) is 18.9 Å². The lowest BCUT2D eigenvalue weighted by atomic mass is 10.2. The predicted octanol–water partition coefficient (Wildman–Crippen LogP) is 4.12. The van der Waals surface area contributed by atoms with Gasteiger partial charge in [0.1, 0.15) is 23.0 Å². The van der Waals surface area contributed by atoms with Crippen molar-refractivity contribution >= 4 is 15.7 Å². The zero-order valence-electron chi connectivity index (χ0n) is 17.9. The molecular weight excluding hydrogens is 418 g/mol. The van der Waals surface area contributed by atoms with Gasteiger partial charge >= 0.3 is 0 Å². The molecule has 0 N–H and O–H groups in total. The van der Waals surface area contributed by atoms with Crippen LogP contribution in [0.4, 0.5) is 5.69 Å². The Kier molecular flexibility index (Phi) is 6.91. The van der Waals surface area contributed by atoms with E-state index in [-0.39, 0.29) is 11.4 Å². The summed E-state index contributed by atoms with van der Waals surface area (Å²) in [7, 11) is 2.24. The third-order valence-electron chi connectivity index (χ3n) is 4.73. The van der Waals surface area contributed by atoms with Crippen molar-refractivity contribution in [3.05, 3.63) is 72.3 Å². The molecule has 0 aliphatic carbocycles. The molecule has 0 spiro atoms. The SMILES string of the molecule is COc1ccc(N(Cc2cc(OC)cc(OC)c2)S(=O)(=O)c2cccc(OC)c2)cc1. The molecule has 3 aromatic carbocycles. The molecule has 3 rings (SSSR count). The normalized spacial score (nSPS) is 11.0. The van der Waals surface area contributed by atoms with Gasteiger partial charge < -0.3 is 18.9 Å². The fourth-order valence-corrected chi connectivity index (χ4v) is 4.56. The van der Waals surface area contributed by atoms with Gasteiger partial charge in [-0.25, -0.2) is 8.42 Å². The Morgan fingerprint density at radius 1 is 0.677 bits per heavy atom. The molecule has 0 aromatic heterocycles. The number of rotatable bonds is 9. The van der Waals surface area contributed by atoms with Crippen LogP contribution in [0, 0.1) is 0 Å².